The van der Waals surface area contributed by atoms with Gasteiger partial charge in [-0.1, -0.05) is 11.6 Å². The van der Waals surface area contributed by atoms with Gasteiger partial charge in [-0.2, -0.15) is 0 Å². The van der Waals surface area contributed by atoms with E-state index in [0.29, 0.717) is 12.5 Å². The van der Waals surface area contributed by atoms with Crippen molar-refractivity contribution in [2.24, 2.45) is 5.92 Å². The van der Waals surface area contributed by atoms with E-state index < -0.39 is 0 Å². The van der Waals surface area contributed by atoms with Gasteiger partial charge in [0.1, 0.15) is 10.8 Å². The van der Waals surface area contributed by atoms with Crippen LogP contribution in [-0.4, -0.2) is 22.4 Å². The highest BCUT2D eigenvalue weighted by molar-refractivity contribution is 6.32. The summed E-state index contributed by atoms with van der Waals surface area (Å²) in [6.07, 6.45) is 2.37. The van der Waals surface area contributed by atoms with Gasteiger partial charge in [-0.3, -0.25) is 4.79 Å². The summed E-state index contributed by atoms with van der Waals surface area (Å²) in [4.78, 5) is 19.0. The van der Waals surface area contributed by atoms with E-state index >= 15 is 0 Å². The lowest BCUT2D eigenvalue weighted by molar-refractivity contribution is 0.0946. The number of hydrogen-bond donors (Lipinski definition) is 1. The molecular formula is C9H9Cl2N3O. The lowest BCUT2D eigenvalue weighted by atomic mass is 10.3. The zero-order chi connectivity index (χ0) is 10.8. The van der Waals surface area contributed by atoms with E-state index in [1.165, 1.54) is 18.9 Å². The summed E-state index contributed by atoms with van der Waals surface area (Å²) in [5.41, 5.74) is 0.209. The molecule has 0 bridgehead atoms. The first kappa shape index (κ1) is 10.6. The van der Waals surface area contributed by atoms with Crippen LogP contribution in [0.1, 0.15) is 23.3 Å². The van der Waals surface area contributed by atoms with Crippen molar-refractivity contribution in [1.82, 2.24) is 15.3 Å². The normalized spacial score (nSPS) is 15.1. The molecule has 4 nitrogen and oxygen atoms in total. The number of nitrogens with one attached hydrogen (secondary N) is 1. The first-order valence-corrected chi connectivity index (χ1v) is 5.39. The smallest absolute Gasteiger partial charge is 0.270 e. The van der Waals surface area contributed by atoms with Gasteiger partial charge in [0, 0.05) is 12.6 Å². The van der Waals surface area contributed by atoms with Gasteiger partial charge in [-0.25, -0.2) is 9.97 Å². The van der Waals surface area contributed by atoms with E-state index in [1.54, 1.807) is 0 Å². The molecule has 6 heteroatoms. The zero-order valence-electron chi connectivity index (χ0n) is 7.83. The van der Waals surface area contributed by atoms with Crippen LogP contribution in [0.3, 0.4) is 0 Å². The maximum atomic E-state index is 11.6. The molecule has 15 heavy (non-hydrogen) atoms. The molecule has 1 saturated carbocycles. The molecule has 0 radical (unpaired) electrons. The topological polar surface area (TPSA) is 54.9 Å². The number of amides is 1. The highest BCUT2D eigenvalue weighted by Crippen LogP contribution is 2.27. The third kappa shape index (κ3) is 3.04. The Balaban J connectivity index is 2.02. The van der Waals surface area contributed by atoms with E-state index in [2.05, 4.69) is 15.3 Å². The van der Waals surface area contributed by atoms with E-state index in [-0.39, 0.29) is 22.0 Å². The van der Waals surface area contributed by atoms with Crippen LogP contribution in [0, 0.1) is 5.92 Å². The van der Waals surface area contributed by atoms with Crippen molar-refractivity contribution in [2.45, 2.75) is 12.8 Å². The Bertz CT molecular complexity index is 373. The lowest BCUT2D eigenvalue weighted by Gasteiger charge is -2.03. The van der Waals surface area contributed by atoms with Gasteiger partial charge in [0.2, 0.25) is 5.28 Å². The average Bonchev–Trinajstić information content (AvgIpc) is 2.96. The molecule has 1 heterocycles. The Labute approximate surface area is 97.0 Å². The molecule has 0 aromatic carbocycles. The highest BCUT2D eigenvalue weighted by Gasteiger charge is 2.22. The van der Waals surface area contributed by atoms with Crippen molar-refractivity contribution in [3.63, 3.8) is 0 Å². The fourth-order valence-corrected chi connectivity index (χ4v) is 1.56. The number of aromatic nitrogens is 2. The van der Waals surface area contributed by atoms with Crippen molar-refractivity contribution in [3.05, 3.63) is 22.2 Å². The minimum atomic E-state index is -0.256. The van der Waals surface area contributed by atoms with Crippen LogP contribution in [0.4, 0.5) is 0 Å². The van der Waals surface area contributed by atoms with E-state index in [1.807, 2.05) is 0 Å². The summed E-state index contributed by atoms with van der Waals surface area (Å²) in [5.74, 6) is 0.370. The summed E-state index contributed by atoms with van der Waals surface area (Å²) in [7, 11) is 0. The monoisotopic (exact) mass is 245 g/mol. The van der Waals surface area contributed by atoms with Crippen molar-refractivity contribution in [1.29, 1.82) is 0 Å². The van der Waals surface area contributed by atoms with Crippen molar-refractivity contribution in [3.8, 4) is 0 Å². The Morgan fingerprint density at radius 3 is 2.80 bits per heavy atom. The molecule has 1 aliphatic carbocycles. The first-order chi connectivity index (χ1) is 7.15. The largest absolute Gasteiger partial charge is 0.350 e. The van der Waals surface area contributed by atoms with Gasteiger partial charge >= 0.3 is 0 Å². The molecule has 1 N–H and O–H groups in total. The molecule has 1 amide bonds. The van der Waals surface area contributed by atoms with Crippen LogP contribution < -0.4 is 5.32 Å². The molecule has 0 aliphatic heterocycles. The number of nitrogens with zero attached hydrogens (tertiary/aromatic N) is 2. The highest BCUT2D eigenvalue weighted by atomic mass is 35.5. The number of carbonyl (C=O) groups excluding carboxylic acids is 1. The van der Waals surface area contributed by atoms with Gasteiger partial charge in [0.25, 0.3) is 5.91 Å². The van der Waals surface area contributed by atoms with E-state index in [0.717, 1.165) is 0 Å². The van der Waals surface area contributed by atoms with Gasteiger partial charge in [-0.15, -0.1) is 0 Å². The summed E-state index contributed by atoms with van der Waals surface area (Å²) >= 11 is 11.2. The molecule has 0 saturated heterocycles. The number of rotatable bonds is 3. The van der Waals surface area contributed by atoms with Crippen molar-refractivity contribution in [2.75, 3.05) is 6.54 Å². The third-order valence-corrected chi connectivity index (χ3v) is 2.51. The Hall–Kier alpha value is -0.870. The van der Waals surface area contributed by atoms with Crippen molar-refractivity contribution >= 4 is 29.1 Å². The molecule has 0 atom stereocenters. The SMILES string of the molecule is O=C(NCC1CC1)c1cc(Cl)nc(Cl)n1. The average molecular weight is 246 g/mol. The quantitative estimate of drug-likeness (QED) is 0.654. The Kier molecular flexibility index (Phi) is 3.07. The second-order valence-electron chi connectivity index (χ2n) is 3.50. The van der Waals surface area contributed by atoms with Gasteiger partial charge in [0.15, 0.2) is 0 Å². The molecule has 1 fully saturated rings. The fourth-order valence-electron chi connectivity index (χ4n) is 1.16. The second kappa shape index (κ2) is 4.33. The van der Waals surface area contributed by atoms with Gasteiger partial charge < -0.3 is 5.32 Å². The van der Waals surface area contributed by atoms with E-state index in [9.17, 15) is 4.79 Å². The molecule has 0 spiro atoms. The van der Waals surface area contributed by atoms with Crippen LogP contribution in [0.15, 0.2) is 6.07 Å². The molecule has 2 rings (SSSR count). The summed E-state index contributed by atoms with van der Waals surface area (Å²) in [6, 6.07) is 1.40. The molecule has 1 aliphatic rings. The summed E-state index contributed by atoms with van der Waals surface area (Å²) in [6.45, 7) is 0.693. The van der Waals surface area contributed by atoms with Crippen LogP contribution in [0.5, 0.6) is 0 Å². The minimum Gasteiger partial charge on any atom is -0.350 e. The van der Waals surface area contributed by atoms with Crippen LogP contribution in [0.2, 0.25) is 10.4 Å². The number of carbonyl (C=O) groups is 1. The van der Waals surface area contributed by atoms with E-state index in [4.69, 9.17) is 23.2 Å². The molecule has 0 unspecified atom stereocenters. The minimum absolute atomic E-state index is 0.0147. The second-order valence-corrected chi connectivity index (χ2v) is 4.22. The zero-order valence-corrected chi connectivity index (χ0v) is 9.35. The van der Waals surface area contributed by atoms with Crippen LogP contribution >= 0.6 is 23.2 Å². The molecular weight excluding hydrogens is 237 g/mol. The van der Waals surface area contributed by atoms with Gasteiger partial charge in [0.05, 0.1) is 0 Å². The van der Waals surface area contributed by atoms with Crippen LogP contribution in [-0.2, 0) is 0 Å². The number of halogens is 2. The first-order valence-electron chi connectivity index (χ1n) is 4.63. The predicted molar refractivity (Wildman–Crippen MR) is 57.1 cm³/mol. The Morgan fingerprint density at radius 1 is 1.47 bits per heavy atom. The maximum absolute atomic E-state index is 11.6. The predicted octanol–water partition coefficient (Wildman–Crippen LogP) is 1.92. The fraction of sp³-hybridized carbons (Fsp3) is 0.444. The lowest BCUT2D eigenvalue weighted by Crippen LogP contribution is -2.26. The number of hydrogen-bond acceptors (Lipinski definition) is 3. The molecule has 1 aromatic rings. The summed E-state index contributed by atoms with van der Waals surface area (Å²) < 4.78 is 0. The third-order valence-electron chi connectivity index (χ3n) is 2.15. The molecule has 1 aromatic heterocycles. The standard InChI is InChI=1S/C9H9Cl2N3O/c10-7-3-6(13-9(11)14-7)8(15)12-4-5-1-2-5/h3,5H,1-2,4H2,(H,12,15). The Morgan fingerprint density at radius 2 is 2.20 bits per heavy atom. The molecule has 80 valence electrons. The van der Waals surface area contributed by atoms with Crippen LogP contribution in [0.25, 0.3) is 0 Å². The van der Waals surface area contributed by atoms with Crippen molar-refractivity contribution < 1.29 is 4.79 Å². The maximum Gasteiger partial charge on any atom is 0.270 e. The van der Waals surface area contributed by atoms with Gasteiger partial charge in [-0.05, 0) is 30.4 Å². The summed E-state index contributed by atoms with van der Waals surface area (Å²) in [5, 5.41) is 2.93.